The van der Waals surface area contributed by atoms with Gasteiger partial charge in [-0.1, -0.05) is 127 Å². The van der Waals surface area contributed by atoms with Crippen LogP contribution >= 0.6 is 7.14 Å². The zero-order chi connectivity index (χ0) is 32.0. The van der Waals surface area contributed by atoms with Gasteiger partial charge in [-0.05, 0) is 48.7 Å². The second kappa shape index (κ2) is 11.7. The fourth-order valence-electron chi connectivity index (χ4n) is 6.15. The van der Waals surface area contributed by atoms with Crippen molar-refractivity contribution >= 4 is 34.4 Å². The summed E-state index contributed by atoms with van der Waals surface area (Å²) in [7, 11) is -2.38. The highest BCUT2D eigenvalue weighted by Crippen LogP contribution is 2.40. The zero-order valence-electron chi connectivity index (χ0n) is 26.1. The second-order valence-electron chi connectivity index (χ2n) is 12.1. The molecule has 0 aliphatic carbocycles. The fraction of sp³-hybridized carbons (Fsp3) is 0.0476. The van der Waals surface area contributed by atoms with E-state index in [-0.39, 0.29) is 0 Å². The van der Waals surface area contributed by atoms with Gasteiger partial charge < -0.3 is 8.98 Å². The van der Waals surface area contributed by atoms with Crippen LogP contribution in [0.2, 0.25) is 0 Å². The molecule has 0 saturated heterocycles. The van der Waals surface area contributed by atoms with Crippen molar-refractivity contribution in [1.82, 2.24) is 9.97 Å². The average Bonchev–Trinajstić information content (AvgIpc) is 3.50. The van der Waals surface area contributed by atoms with Crippen LogP contribution in [0.25, 0.3) is 78.1 Å². The van der Waals surface area contributed by atoms with Crippen LogP contribution in [0, 0.1) is 0 Å². The van der Waals surface area contributed by atoms with Crippen LogP contribution in [0.5, 0.6) is 0 Å². The van der Waals surface area contributed by atoms with Gasteiger partial charge in [0.05, 0.1) is 22.8 Å². The Bertz CT molecular complexity index is 2440. The number of rotatable bonds is 6. The van der Waals surface area contributed by atoms with Crippen molar-refractivity contribution in [3.05, 3.63) is 152 Å². The van der Waals surface area contributed by atoms with Crippen molar-refractivity contribution in [2.75, 3.05) is 13.3 Å². The Morgan fingerprint density at radius 3 is 1.55 bits per heavy atom. The van der Waals surface area contributed by atoms with Crippen molar-refractivity contribution in [3.63, 3.8) is 0 Å². The van der Waals surface area contributed by atoms with Gasteiger partial charge in [-0.15, -0.1) is 0 Å². The predicted molar refractivity (Wildman–Crippen MR) is 196 cm³/mol. The van der Waals surface area contributed by atoms with Crippen LogP contribution in [-0.4, -0.2) is 23.3 Å². The Morgan fingerprint density at radius 1 is 0.426 bits per heavy atom. The predicted octanol–water partition coefficient (Wildman–Crippen LogP) is 11.0. The lowest BCUT2D eigenvalue weighted by molar-refractivity contribution is 0.588. The summed E-state index contributed by atoms with van der Waals surface area (Å²) >= 11 is 0. The van der Waals surface area contributed by atoms with E-state index >= 15 is 0 Å². The number of aromatic nitrogens is 2. The summed E-state index contributed by atoms with van der Waals surface area (Å²) in [5, 5.41) is 3.03. The molecule has 0 bridgehead atoms. The van der Waals surface area contributed by atoms with E-state index < -0.39 is 7.14 Å². The number of nitrogens with zero attached hydrogens (tertiary/aromatic N) is 2. The second-order valence-corrected chi connectivity index (χ2v) is 15.4. The van der Waals surface area contributed by atoms with Crippen molar-refractivity contribution < 1.29 is 8.98 Å². The molecule has 0 unspecified atom stereocenters. The molecule has 8 rings (SSSR count). The van der Waals surface area contributed by atoms with Gasteiger partial charge in [0, 0.05) is 38.3 Å². The molecule has 0 aliphatic heterocycles. The Morgan fingerprint density at radius 2 is 0.915 bits per heavy atom. The van der Waals surface area contributed by atoms with Gasteiger partial charge in [-0.3, -0.25) is 0 Å². The van der Waals surface area contributed by atoms with Gasteiger partial charge in [0.15, 0.2) is 0 Å². The molecular weight excluding hydrogens is 595 g/mol. The molecule has 0 atom stereocenters. The van der Waals surface area contributed by atoms with Gasteiger partial charge in [-0.25, -0.2) is 9.97 Å². The van der Waals surface area contributed by atoms with Crippen molar-refractivity contribution in [3.8, 4) is 56.2 Å². The lowest BCUT2D eigenvalue weighted by Crippen LogP contribution is -2.02. The number of hydrogen-bond donors (Lipinski definition) is 0. The van der Waals surface area contributed by atoms with Crippen molar-refractivity contribution in [1.29, 1.82) is 0 Å². The van der Waals surface area contributed by atoms with E-state index in [1.807, 2.05) is 86.1 Å². The van der Waals surface area contributed by atoms with Crippen LogP contribution < -0.4 is 5.30 Å². The van der Waals surface area contributed by atoms with E-state index in [2.05, 4.69) is 78.9 Å². The smallest absolute Gasteiger partial charge is 0.136 e. The highest BCUT2D eigenvalue weighted by Gasteiger charge is 2.21. The van der Waals surface area contributed by atoms with Crippen molar-refractivity contribution in [2.24, 2.45) is 0 Å². The number of furan rings is 1. The number of fused-ring (bicyclic) bond motifs is 3. The SMILES string of the molecule is CP(C)(=O)c1cccc(-c2ccc(-c3nc(-c4ccccc4)c(-c4ccccc4)nc3-c3ccc4c(c3)oc3ccccc34)cc2)c1. The van der Waals surface area contributed by atoms with E-state index in [1.54, 1.807) is 0 Å². The van der Waals surface area contributed by atoms with Gasteiger partial charge in [0.25, 0.3) is 0 Å². The highest BCUT2D eigenvalue weighted by molar-refractivity contribution is 7.70. The quantitative estimate of drug-likeness (QED) is 0.172. The third-order valence-electron chi connectivity index (χ3n) is 8.60. The Balaban J connectivity index is 1.34. The molecule has 0 N–H and O–H groups in total. The maximum absolute atomic E-state index is 12.8. The van der Waals surface area contributed by atoms with Gasteiger partial charge in [0.1, 0.15) is 18.3 Å². The normalized spacial score (nSPS) is 11.7. The first-order chi connectivity index (χ1) is 22.9. The molecule has 0 saturated carbocycles. The topological polar surface area (TPSA) is 56.0 Å². The maximum atomic E-state index is 12.8. The molecule has 47 heavy (non-hydrogen) atoms. The molecule has 0 spiro atoms. The number of hydrogen-bond acceptors (Lipinski definition) is 4. The largest absolute Gasteiger partial charge is 0.456 e. The van der Waals surface area contributed by atoms with Crippen LogP contribution in [0.3, 0.4) is 0 Å². The third kappa shape index (κ3) is 5.48. The minimum absolute atomic E-state index is 0.776. The molecule has 8 aromatic rings. The summed E-state index contributed by atoms with van der Waals surface area (Å²) in [6, 6.07) is 51.3. The maximum Gasteiger partial charge on any atom is 0.136 e. The molecule has 6 aromatic carbocycles. The highest BCUT2D eigenvalue weighted by atomic mass is 31.2. The molecule has 4 nitrogen and oxygen atoms in total. The van der Waals surface area contributed by atoms with E-state index in [1.165, 1.54) is 0 Å². The minimum atomic E-state index is -2.38. The van der Waals surface area contributed by atoms with E-state index in [4.69, 9.17) is 14.4 Å². The van der Waals surface area contributed by atoms with Gasteiger partial charge in [0.2, 0.25) is 0 Å². The van der Waals surface area contributed by atoms with Gasteiger partial charge in [-0.2, -0.15) is 0 Å². The summed E-state index contributed by atoms with van der Waals surface area (Å²) in [4.78, 5) is 10.8. The molecule has 2 heterocycles. The summed E-state index contributed by atoms with van der Waals surface area (Å²) in [6.07, 6.45) is 0. The molecule has 0 radical (unpaired) electrons. The average molecular weight is 627 g/mol. The Hall–Kier alpha value is -5.57. The molecule has 226 valence electrons. The summed E-state index contributed by atoms with van der Waals surface area (Å²) in [5.74, 6) is 0. The summed E-state index contributed by atoms with van der Waals surface area (Å²) in [5.41, 5.74) is 10.8. The third-order valence-corrected chi connectivity index (χ3v) is 10.1. The van der Waals surface area contributed by atoms with Crippen LogP contribution in [0.15, 0.2) is 156 Å². The summed E-state index contributed by atoms with van der Waals surface area (Å²) < 4.78 is 19.1. The van der Waals surface area contributed by atoms with Gasteiger partial charge >= 0.3 is 0 Å². The molecule has 5 heteroatoms. The fourth-order valence-corrected chi connectivity index (χ4v) is 7.04. The van der Waals surface area contributed by atoms with Crippen LogP contribution in [0.4, 0.5) is 0 Å². The number of benzene rings is 6. The lowest BCUT2D eigenvalue weighted by Gasteiger charge is -2.16. The van der Waals surface area contributed by atoms with Crippen LogP contribution in [-0.2, 0) is 4.57 Å². The molecule has 0 amide bonds. The first kappa shape index (κ1) is 28.9. The first-order valence-corrected chi connectivity index (χ1v) is 18.2. The lowest BCUT2D eigenvalue weighted by atomic mass is 9.97. The standard InChI is InChI=1S/C42H31N2O2P/c1-47(2,45)34-17-11-16-32(26-34)28-20-22-31(23-21-28)41-42(33-24-25-36-35-18-9-10-19-37(35)46-38(36)27-33)44-40(30-14-7-4-8-15-30)39(43-41)29-12-5-3-6-13-29/h3-27H,1-2H3. The molecule has 0 fully saturated rings. The Kier molecular flexibility index (Phi) is 7.16. The van der Waals surface area contributed by atoms with Crippen molar-refractivity contribution in [2.45, 2.75) is 0 Å². The van der Waals surface area contributed by atoms with Crippen LogP contribution in [0.1, 0.15) is 0 Å². The first-order valence-electron chi connectivity index (χ1n) is 15.6. The summed E-state index contributed by atoms with van der Waals surface area (Å²) in [6.45, 7) is 3.61. The molecule has 0 aliphatic rings. The monoisotopic (exact) mass is 626 g/mol. The minimum Gasteiger partial charge on any atom is -0.456 e. The Labute approximate surface area is 273 Å². The zero-order valence-corrected chi connectivity index (χ0v) is 27.0. The van der Waals surface area contributed by atoms with E-state index in [0.29, 0.717) is 0 Å². The van der Waals surface area contributed by atoms with E-state index in [9.17, 15) is 4.57 Å². The number of para-hydroxylation sites is 1. The molecule has 2 aromatic heterocycles. The van der Waals surface area contributed by atoms with E-state index in [0.717, 1.165) is 83.4 Å². The molecular formula is C42H31N2O2P.